The van der Waals surface area contributed by atoms with Gasteiger partial charge in [0.2, 0.25) is 0 Å². The first kappa shape index (κ1) is 6.28. The van der Waals surface area contributed by atoms with Gasteiger partial charge in [0.1, 0.15) is 0 Å². The van der Waals surface area contributed by atoms with Crippen LogP contribution in [-0.4, -0.2) is 17.8 Å². The van der Waals surface area contributed by atoms with Gasteiger partial charge < -0.3 is 5.11 Å². The van der Waals surface area contributed by atoms with Crippen LogP contribution in [0.25, 0.3) is 0 Å². The van der Waals surface area contributed by atoms with E-state index in [0.29, 0.717) is 24.4 Å². The van der Waals surface area contributed by atoms with Gasteiger partial charge in [-0.3, -0.25) is 0 Å². The maximum Gasteiger partial charge on any atom is 0.0711 e. The summed E-state index contributed by atoms with van der Waals surface area (Å²) in [4.78, 5) is 0. The molecule has 2 saturated carbocycles. The largest absolute Gasteiger partial charge is 0.396 e. The summed E-state index contributed by atoms with van der Waals surface area (Å²) in [6.07, 6.45) is 2.11. The number of rotatable bonds is 2. The molecule has 0 heterocycles. The van der Waals surface area contributed by atoms with Crippen molar-refractivity contribution >= 4 is 0 Å². The highest BCUT2D eigenvalue weighted by Crippen LogP contribution is 2.57. The van der Waals surface area contributed by atoms with Crippen LogP contribution >= 0.6 is 0 Å². The molecule has 2 fully saturated rings. The fourth-order valence-corrected chi connectivity index (χ4v) is 2.32. The Hall–Kier alpha value is -0.440. The average Bonchev–Trinajstić information content (AvgIpc) is 2.43. The van der Waals surface area contributed by atoms with Crippen LogP contribution in [-0.2, 0) is 0 Å². The smallest absolute Gasteiger partial charge is 0.0711 e. The summed E-state index contributed by atoms with van der Waals surface area (Å²) in [6.45, 7) is 0.347. The normalized spacial score (nSPS) is 50.5. The second-order valence-corrected chi connectivity index (χ2v) is 3.43. The molecule has 2 atom stereocenters. The SMILES string of the molecule is N=NC1CC2C(CO)C2C1. The van der Waals surface area contributed by atoms with Crippen LogP contribution in [0.15, 0.2) is 5.11 Å². The molecule has 0 bridgehead atoms. The van der Waals surface area contributed by atoms with Gasteiger partial charge in [0.05, 0.1) is 6.04 Å². The van der Waals surface area contributed by atoms with Gasteiger partial charge in [-0.25, -0.2) is 5.53 Å². The molecule has 0 aromatic rings. The van der Waals surface area contributed by atoms with Crippen molar-refractivity contribution in [1.82, 2.24) is 0 Å². The van der Waals surface area contributed by atoms with Crippen molar-refractivity contribution in [3.8, 4) is 0 Å². The van der Waals surface area contributed by atoms with Crippen molar-refractivity contribution in [2.45, 2.75) is 18.9 Å². The molecule has 0 saturated heterocycles. The lowest BCUT2D eigenvalue weighted by molar-refractivity contribution is 0.253. The fourth-order valence-electron chi connectivity index (χ4n) is 2.32. The van der Waals surface area contributed by atoms with Gasteiger partial charge in [-0.05, 0) is 30.6 Å². The Balaban J connectivity index is 1.89. The maximum absolute atomic E-state index is 8.79. The first-order valence-corrected chi connectivity index (χ1v) is 3.84. The van der Waals surface area contributed by atoms with E-state index in [4.69, 9.17) is 10.6 Å². The molecule has 2 aliphatic rings. The van der Waals surface area contributed by atoms with E-state index in [2.05, 4.69) is 5.11 Å². The third-order valence-corrected chi connectivity index (χ3v) is 2.99. The van der Waals surface area contributed by atoms with Crippen LogP contribution in [0, 0.1) is 23.3 Å². The highest BCUT2D eigenvalue weighted by molar-refractivity contribution is 5.05. The van der Waals surface area contributed by atoms with Crippen molar-refractivity contribution in [3.05, 3.63) is 0 Å². The van der Waals surface area contributed by atoms with Crippen molar-refractivity contribution in [2.24, 2.45) is 22.9 Å². The van der Waals surface area contributed by atoms with Crippen molar-refractivity contribution in [1.29, 1.82) is 5.53 Å². The number of hydrogen-bond acceptors (Lipinski definition) is 3. The minimum absolute atomic E-state index is 0.290. The Bertz CT molecular complexity index is 148. The van der Waals surface area contributed by atoms with Crippen LogP contribution in [0.2, 0.25) is 0 Å². The molecule has 0 aromatic carbocycles. The molecule has 2 unspecified atom stereocenters. The minimum Gasteiger partial charge on any atom is -0.396 e. The lowest BCUT2D eigenvalue weighted by Crippen LogP contribution is -2.04. The summed E-state index contributed by atoms with van der Waals surface area (Å²) in [5, 5.41) is 12.3. The van der Waals surface area contributed by atoms with E-state index in [1.807, 2.05) is 0 Å². The molecular formula is C7H12N2O. The van der Waals surface area contributed by atoms with E-state index >= 15 is 0 Å². The standard InChI is InChI=1S/C7H12N2O/c8-9-4-1-5-6(2-4)7(5)3-10/h4-8,10H,1-3H2. The number of hydrogen-bond donors (Lipinski definition) is 2. The molecule has 0 amide bonds. The molecule has 10 heavy (non-hydrogen) atoms. The third-order valence-electron chi connectivity index (χ3n) is 2.99. The highest BCUT2D eigenvalue weighted by Gasteiger charge is 2.55. The summed E-state index contributed by atoms with van der Waals surface area (Å²) in [5.41, 5.74) is 6.80. The van der Waals surface area contributed by atoms with Crippen LogP contribution in [0.5, 0.6) is 0 Å². The fraction of sp³-hybridized carbons (Fsp3) is 1.00. The average molecular weight is 140 g/mol. The summed E-state index contributed by atoms with van der Waals surface area (Å²) in [6, 6.07) is 0.290. The number of nitrogens with zero attached hydrogens (tertiary/aromatic N) is 1. The van der Waals surface area contributed by atoms with Gasteiger partial charge >= 0.3 is 0 Å². The lowest BCUT2D eigenvalue weighted by Gasteiger charge is -2.04. The zero-order chi connectivity index (χ0) is 7.14. The van der Waals surface area contributed by atoms with E-state index in [0.717, 1.165) is 12.8 Å². The molecule has 0 radical (unpaired) electrons. The molecule has 0 aliphatic heterocycles. The van der Waals surface area contributed by atoms with Crippen molar-refractivity contribution < 1.29 is 5.11 Å². The Morgan fingerprint density at radius 2 is 2.00 bits per heavy atom. The molecule has 3 heteroatoms. The minimum atomic E-state index is 0.290. The summed E-state index contributed by atoms with van der Waals surface area (Å²) in [5.74, 6) is 1.99. The monoisotopic (exact) mass is 140 g/mol. The summed E-state index contributed by atoms with van der Waals surface area (Å²) >= 11 is 0. The van der Waals surface area contributed by atoms with E-state index in [1.165, 1.54) is 0 Å². The van der Waals surface area contributed by atoms with E-state index < -0.39 is 0 Å². The topological polar surface area (TPSA) is 56.4 Å². The number of fused-ring (bicyclic) bond motifs is 1. The second kappa shape index (κ2) is 2.02. The van der Waals surface area contributed by atoms with Gasteiger partial charge in [-0.15, -0.1) is 0 Å². The van der Waals surface area contributed by atoms with Crippen LogP contribution in [0.3, 0.4) is 0 Å². The van der Waals surface area contributed by atoms with Crippen LogP contribution in [0.4, 0.5) is 0 Å². The molecule has 3 nitrogen and oxygen atoms in total. The predicted molar refractivity (Wildman–Crippen MR) is 35.7 cm³/mol. The molecule has 0 aromatic heterocycles. The highest BCUT2D eigenvalue weighted by atomic mass is 16.3. The molecule has 56 valence electrons. The summed E-state index contributed by atoms with van der Waals surface area (Å²) in [7, 11) is 0. The van der Waals surface area contributed by atoms with Crippen LogP contribution in [0.1, 0.15) is 12.8 Å². The zero-order valence-corrected chi connectivity index (χ0v) is 5.83. The van der Waals surface area contributed by atoms with Gasteiger partial charge in [0, 0.05) is 6.61 Å². The van der Waals surface area contributed by atoms with E-state index in [9.17, 15) is 0 Å². The summed E-state index contributed by atoms with van der Waals surface area (Å²) < 4.78 is 0. The van der Waals surface area contributed by atoms with Gasteiger partial charge in [-0.2, -0.15) is 5.11 Å². The third kappa shape index (κ3) is 0.700. The van der Waals surface area contributed by atoms with E-state index in [1.54, 1.807) is 0 Å². The van der Waals surface area contributed by atoms with Crippen LogP contribution < -0.4 is 0 Å². The molecule has 2 N–H and O–H groups in total. The molecular weight excluding hydrogens is 128 g/mol. The van der Waals surface area contributed by atoms with Gasteiger partial charge in [0.15, 0.2) is 0 Å². The zero-order valence-electron chi connectivity index (χ0n) is 5.83. The number of nitrogens with one attached hydrogen (secondary N) is 1. The first-order chi connectivity index (χ1) is 4.86. The lowest BCUT2D eigenvalue weighted by atomic mass is 10.1. The molecule has 2 aliphatic carbocycles. The Kier molecular flexibility index (Phi) is 1.27. The Morgan fingerprint density at radius 1 is 1.40 bits per heavy atom. The quantitative estimate of drug-likeness (QED) is 0.553. The van der Waals surface area contributed by atoms with Crippen molar-refractivity contribution in [2.75, 3.05) is 6.61 Å². The van der Waals surface area contributed by atoms with Gasteiger partial charge in [-0.1, -0.05) is 0 Å². The maximum atomic E-state index is 8.79. The molecule has 2 rings (SSSR count). The Morgan fingerprint density at radius 3 is 2.40 bits per heavy atom. The van der Waals surface area contributed by atoms with Gasteiger partial charge in [0.25, 0.3) is 0 Å². The first-order valence-electron chi connectivity index (χ1n) is 3.84. The number of aliphatic hydroxyl groups excluding tert-OH is 1. The number of aliphatic hydroxyl groups is 1. The Labute approximate surface area is 59.9 Å². The molecule has 0 spiro atoms. The van der Waals surface area contributed by atoms with E-state index in [-0.39, 0.29) is 6.04 Å². The predicted octanol–water partition coefficient (Wildman–Crippen LogP) is 1.03. The van der Waals surface area contributed by atoms with Crippen molar-refractivity contribution in [3.63, 3.8) is 0 Å². The second-order valence-electron chi connectivity index (χ2n) is 3.43.